The highest BCUT2D eigenvalue weighted by molar-refractivity contribution is 5.95. The predicted octanol–water partition coefficient (Wildman–Crippen LogP) is 3.84. The molecule has 1 heterocycles. The van der Waals surface area contributed by atoms with E-state index in [1.165, 1.54) is 0 Å². The molecular formula is C21H30N2O5. The first kappa shape index (κ1) is 21.6. The van der Waals surface area contributed by atoms with E-state index in [-0.39, 0.29) is 12.1 Å². The van der Waals surface area contributed by atoms with Gasteiger partial charge in [0.15, 0.2) is 11.5 Å². The van der Waals surface area contributed by atoms with Gasteiger partial charge in [-0.25, -0.2) is 9.59 Å². The van der Waals surface area contributed by atoms with Gasteiger partial charge >= 0.3 is 12.0 Å². The van der Waals surface area contributed by atoms with Crippen LogP contribution in [0.2, 0.25) is 0 Å². The van der Waals surface area contributed by atoms with Crippen molar-refractivity contribution in [3.63, 3.8) is 0 Å². The van der Waals surface area contributed by atoms with Crippen molar-refractivity contribution in [2.24, 2.45) is 0 Å². The summed E-state index contributed by atoms with van der Waals surface area (Å²) in [6.45, 7) is 10.4. The highest BCUT2D eigenvalue weighted by Gasteiger charge is 2.34. The molecular weight excluding hydrogens is 360 g/mol. The van der Waals surface area contributed by atoms with Gasteiger partial charge < -0.3 is 24.8 Å². The van der Waals surface area contributed by atoms with Crippen molar-refractivity contribution >= 4 is 12.0 Å². The number of carbonyl (C=O) groups is 2. The molecule has 2 rings (SSSR count). The van der Waals surface area contributed by atoms with Crippen LogP contribution >= 0.6 is 0 Å². The Labute approximate surface area is 166 Å². The van der Waals surface area contributed by atoms with Crippen LogP contribution in [0.3, 0.4) is 0 Å². The summed E-state index contributed by atoms with van der Waals surface area (Å²) in [6.07, 6.45) is 1.09. The molecule has 0 bridgehead atoms. The third kappa shape index (κ3) is 5.18. The zero-order chi connectivity index (χ0) is 20.7. The van der Waals surface area contributed by atoms with Gasteiger partial charge in [0.05, 0.1) is 30.9 Å². The lowest BCUT2D eigenvalue weighted by atomic mass is 9.93. The lowest BCUT2D eigenvalue weighted by Crippen LogP contribution is -2.46. The van der Waals surface area contributed by atoms with E-state index in [0.717, 1.165) is 12.0 Å². The molecule has 7 nitrogen and oxygen atoms in total. The second-order valence-electron chi connectivity index (χ2n) is 6.70. The molecule has 0 spiro atoms. The van der Waals surface area contributed by atoms with Gasteiger partial charge in [0.25, 0.3) is 0 Å². The second-order valence-corrected chi connectivity index (χ2v) is 6.70. The molecule has 0 saturated heterocycles. The van der Waals surface area contributed by atoms with Crippen LogP contribution < -0.4 is 20.1 Å². The SMILES string of the molecule is CCCC1=C(C(=O)OC(C)C)C(c2ccc(OCC)c(OCC)c2)NC(=O)N1. The molecule has 1 aliphatic heterocycles. The van der Waals surface area contributed by atoms with Crippen LogP contribution in [0.4, 0.5) is 4.79 Å². The molecule has 1 unspecified atom stereocenters. The molecule has 1 aromatic carbocycles. The molecule has 0 saturated carbocycles. The zero-order valence-corrected chi connectivity index (χ0v) is 17.3. The Bertz CT molecular complexity index is 742. The minimum atomic E-state index is -0.628. The topological polar surface area (TPSA) is 85.9 Å². The number of urea groups is 1. The van der Waals surface area contributed by atoms with Crippen LogP contribution in [0.5, 0.6) is 11.5 Å². The molecule has 0 fully saturated rings. The summed E-state index contributed by atoms with van der Waals surface area (Å²) in [4.78, 5) is 25.1. The first-order valence-corrected chi connectivity index (χ1v) is 9.82. The predicted molar refractivity (Wildman–Crippen MR) is 106 cm³/mol. The fourth-order valence-electron chi connectivity index (χ4n) is 3.08. The maximum absolute atomic E-state index is 12.8. The van der Waals surface area contributed by atoms with Gasteiger partial charge in [-0.05, 0) is 51.8 Å². The molecule has 7 heteroatoms. The third-order valence-corrected chi connectivity index (χ3v) is 4.12. The number of esters is 1. The van der Waals surface area contributed by atoms with Crippen molar-refractivity contribution in [2.75, 3.05) is 13.2 Å². The fourth-order valence-corrected chi connectivity index (χ4v) is 3.08. The maximum Gasteiger partial charge on any atom is 0.338 e. The van der Waals surface area contributed by atoms with Gasteiger partial charge in [-0.2, -0.15) is 0 Å². The summed E-state index contributed by atoms with van der Waals surface area (Å²) in [5, 5.41) is 5.61. The summed E-state index contributed by atoms with van der Waals surface area (Å²) in [5.74, 6) is 0.753. The van der Waals surface area contributed by atoms with Gasteiger partial charge in [0.2, 0.25) is 0 Å². The minimum absolute atomic E-state index is 0.263. The maximum atomic E-state index is 12.8. The van der Waals surface area contributed by atoms with E-state index in [4.69, 9.17) is 14.2 Å². The Morgan fingerprint density at radius 3 is 2.39 bits per heavy atom. The summed E-state index contributed by atoms with van der Waals surface area (Å²) < 4.78 is 16.8. The fraction of sp³-hybridized carbons (Fsp3) is 0.524. The number of hydrogen-bond acceptors (Lipinski definition) is 5. The van der Waals surface area contributed by atoms with Gasteiger partial charge in [-0.15, -0.1) is 0 Å². The normalized spacial score (nSPS) is 16.5. The van der Waals surface area contributed by atoms with E-state index in [9.17, 15) is 9.59 Å². The largest absolute Gasteiger partial charge is 0.490 e. The number of nitrogens with one attached hydrogen (secondary N) is 2. The van der Waals surface area contributed by atoms with Crippen molar-refractivity contribution in [2.45, 2.75) is 59.6 Å². The number of carbonyl (C=O) groups excluding carboxylic acids is 2. The number of amides is 2. The molecule has 1 aliphatic rings. The monoisotopic (exact) mass is 390 g/mol. The molecule has 1 atom stereocenters. The Morgan fingerprint density at radius 1 is 1.11 bits per heavy atom. The summed E-state index contributed by atoms with van der Waals surface area (Å²) in [7, 11) is 0. The van der Waals surface area contributed by atoms with Crippen molar-refractivity contribution in [1.29, 1.82) is 0 Å². The number of allylic oxidation sites excluding steroid dienone is 1. The summed E-state index contributed by atoms with van der Waals surface area (Å²) in [6, 6.07) is 4.45. The molecule has 28 heavy (non-hydrogen) atoms. The van der Waals surface area contributed by atoms with Crippen molar-refractivity contribution in [3.8, 4) is 11.5 Å². The molecule has 154 valence electrons. The van der Waals surface area contributed by atoms with Crippen LogP contribution in [0.25, 0.3) is 0 Å². The third-order valence-electron chi connectivity index (χ3n) is 4.12. The van der Waals surface area contributed by atoms with Crippen molar-refractivity contribution < 1.29 is 23.8 Å². The van der Waals surface area contributed by atoms with E-state index in [1.54, 1.807) is 26.0 Å². The van der Waals surface area contributed by atoms with E-state index >= 15 is 0 Å². The minimum Gasteiger partial charge on any atom is -0.490 e. The van der Waals surface area contributed by atoms with E-state index < -0.39 is 12.0 Å². The van der Waals surface area contributed by atoms with E-state index in [1.807, 2.05) is 26.8 Å². The van der Waals surface area contributed by atoms with Gasteiger partial charge in [-0.3, -0.25) is 0 Å². The molecule has 2 N–H and O–H groups in total. The highest BCUT2D eigenvalue weighted by Crippen LogP contribution is 2.35. The van der Waals surface area contributed by atoms with E-state index in [0.29, 0.717) is 42.4 Å². The lowest BCUT2D eigenvalue weighted by molar-refractivity contribution is -0.143. The summed E-state index contributed by atoms with van der Waals surface area (Å²) in [5.41, 5.74) is 1.74. The molecule has 2 amide bonds. The van der Waals surface area contributed by atoms with Crippen LogP contribution in [0, 0.1) is 0 Å². The Kier molecular flexibility index (Phi) is 7.72. The molecule has 0 aromatic heterocycles. The van der Waals surface area contributed by atoms with Crippen LogP contribution in [0.15, 0.2) is 29.5 Å². The molecule has 0 radical (unpaired) electrons. The highest BCUT2D eigenvalue weighted by atomic mass is 16.5. The first-order valence-electron chi connectivity index (χ1n) is 9.82. The summed E-state index contributed by atoms with van der Waals surface area (Å²) >= 11 is 0. The molecule has 1 aromatic rings. The molecule has 0 aliphatic carbocycles. The van der Waals surface area contributed by atoms with Crippen molar-refractivity contribution in [3.05, 3.63) is 35.0 Å². The smallest absolute Gasteiger partial charge is 0.338 e. The average molecular weight is 390 g/mol. The number of rotatable bonds is 9. The van der Waals surface area contributed by atoms with Crippen LogP contribution in [-0.4, -0.2) is 31.3 Å². The van der Waals surface area contributed by atoms with Crippen molar-refractivity contribution in [1.82, 2.24) is 10.6 Å². The van der Waals surface area contributed by atoms with Gasteiger partial charge in [-0.1, -0.05) is 19.4 Å². The van der Waals surface area contributed by atoms with Gasteiger partial charge in [0, 0.05) is 5.70 Å². The zero-order valence-electron chi connectivity index (χ0n) is 17.3. The quantitative estimate of drug-likeness (QED) is 0.626. The van der Waals surface area contributed by atoms with Crippen LogP contribution in [-0.2, 0) is 9.53 Å². The Morgan fingerprint density at radius 2 is 1.79 bits per heavy atom. The second kappa shape index (κ2) is 10.0. The van der Waals surface area contributed by atoms with Crippen LogP contribution in [0.1, 0.15) is 59.1 Å². The first-order chi connectivity index (χ1) is 13.4. The van der Waals surface area contributed by atoms with Gasteiger partial charge in [0.1, 0.15) is 0 Å². The van der Waals surface area contributed by atoms with E-state index in [2.05, 4.69) is 10.6 Å². The standard InChI is InChI=1S/C21H30N2O5/c1-6-9-15-18(20(24)28-13(4)5)19(23-21(25)22-15)14-10-11-16(26-7-2)17(12-14)27-8-3/h10-13,19H,6-9H2,1-5H3,(H2,22,23,25). The Hall–Kier alpha value is -2.70. The Balaban J connectivity index is 2.52. The average Bonchev–Trinajstić information content (AvgIpc) is 2.62. The number of hydrogen-bond donors (Lipinski definition) is 2. The lowest BCUT2D eigenvalue weighted by Gasteiger charge is -2.30. The number of ether oxygens (including phenoxy) is 3. The number of benzene rings is 1.